The highest BCUT2D eigenvalue weighted by atomic mass is 32.2. The van der Waals surface area contributed by atoms with Crippen LogP contribution in [0.15, 0.2) is 59.5 Å². The lowest BCUT2D eigenvalue weighted by Gasteiger charge is -2.10. The summed E-state index contributed by atoms with van der Waals surface area (Å²) in [5.74, 6) is -0.737. The van der Waals surface area contributed by atoms with E-state index in [0.717, 1.165) is 6.42 Å². The molecule has 0 aliphatic heterocycles. The van der Waals surface area contributed by atoms with Crippen molar-refractivity contribution in [2.24, 2.45) is 0 Å². The summed E-state index contributed by atoms with van der Waals surface area (Å²) in [6.45, 7) is 2.34. The Morgan fingerprint density at radius 3 is 2.38 bits per heavy atom. The summed E-state index contributed by atoms with van der Waals surface area (Å²) in [5, 5.41) is 5.16. The molecule has 0 spiro atoms. The van der Waals surface area contributed by atoms with E-state index in [0.29, 0.717) is 6.54 Å². The third-order valence-electron chi connectivity index (χ3n) is 3.41. The minimum atomic E-state index is -3.74. The van der Waals surface area contributed by atoms with Crippen LogP contribution in [0.3, 0.4) is 0 Å². The van der Waals surface area contributed by atoms with Gasteiger partial charge in [0.25, 0.3) is 15.9 Å². The molecule has 0 bridgehead atoms. The van der Waals surface area contributed by atoms with Crippen LogP contribution in [0.4, 0.5) is 5.69 Å². The summed E-state index contributed by atoms with van der Waals surface area (Å²) in [7, 11) is -3.74. The van der Waals surface area contributed by atoms with Crippen LogP contribution in [0.25, 0.3) is 0 Å². The van der Waals surface area contributed by atoms with Crippen molar-refractivity contribution in [3.8, 4) is 0 Å². The van der Waals surface area contributed by atoms with Gasteiger partial charge in [-0.1, -0.05) is 31.2 Å². The third-order valence-corrected chi connectivity index (χ3v) is 4.81. The first-order valence-electron chi connectivity index (χ1n) is 8.15. The number of hydrogen-bond acceptors (Lipinski definition) is 4. The lowest BCUT2D eigenvalue weighted by molar-refractivity contribution is -0.120. The number of carbonyl (C=O) groups is 2. The number of hydrogen-bond donors (Lipinski definition) is 3. The second-order valence-electron chi connectivity index (χ2n) is 5.53. The van der Waals surface area contributed by atoms with Crippen LogP contribution >= 0.6 is 0 Å². The molecule has 3 N–H and O–H groups in total. The van der Waals surface area contributed by atoms with E-state index in [1.165, 1.54) is 18.2 Å². The topological polar surface area (TPSA) is 104 Å². The zero-order valence-electron chi connectivity index (χ0n) is 14.4. The smallest absolute Gasteiger partial charge is 0.261 e. The molecule has 8 heteroatoms. The Bertz CT molecular complexity index is 867. The molecule has 0 aliphatic rings. The Balaban J connectivity index is 2.03. The number of sulfonamides is 1. The zero-order valence-corrected chi connectivity index (χ0v) is 15.2. The molecule has 0 aliphatic carbocycles. The van der Waals surface area contributed by atoms with Gasteiger partial charge in [0, 0.05) is 17.8 Å². The zero-order chi connectivity index (χ0) is 19.0. The van der Waals surface area contributed by atoms with E-state index in [-0.39, 0.29) is 28.6 Å². The average Bonchev–Trinajstić information content (AvgIpc) is 2.65. The minimum Gasteiger partial charge on any atom is -0.355 e. The van der Waals surface area contributed by atoms with E-state index in [9.17, 15) is 18.0 Å². The molecule has 0 heterocycles. The molecule has 0 aromatic heterocycles. The molecular weight excluding hydrogens is 354 g/mol. The number of carbonyl (C=O) groups excluding carboxylic acids is 2. The summed E-state index contributed by atoms with van der Waals surface area (Å²) in [5.41, 5.74) is 0.512. The Kier molecular flexibility index (Phi) is 6.74. The second kappa shape index (κ2) is 9.00. The Morgan fingerprint density at radius 2 is 1.69 bits per heavy atom. The quantitative estimate of drug-likeness (QED) is 0.654. The highest BCUT2D eigenvalue weighted by Gasteiger charge is 2.15. The maximum absolute atomic E-state index is 12.3. The summed E-state index contributed by atoms with van der Waals surface area (Å²) in [4.78, 5) is 23.8. The maximum Gasteiger partial charge on any atom is 0.261 e. The third kappa shape index (κ3) is 5.59. The molecule has 2 aromatic rings. The highest BCUT2D eigenvalue weighted by Crippen LogP contribution is 2.17. The lowest BCUT2D eigenvalue weighted by Crippen LogP contribution is -2.37. The van der Waals surface area contributed by atoms with Gasteiger partial charge >= 0.3 is 0 Å². The van der Waals surface area contributed by atoms with Crippen molar-refractivity contribution in [2.75, 3.05) is 17.8 Å². The Morgan fingerprint density at radius 1 is 0.962 bits per heavy atom. The molecule has 7 nitrogen and oxygen atoms in total. The molecule has 0 atom stereocenters. The summed E-state index contributed by atoms with van der Waals surface area (Å²) >= 11 is 0. The van der Waals surface area contributed by atoms with Gasteiger partial charge in [0.1, 0.15) is 0 Å². The monoisotopic (exact) mass is 375 g/mol. The van der Waals surface area contributed by atoms with Crippen LogP contribution < -0.4 is 15.4 Å². The Hall–Kier alpha value is -2.87. The van der Waals surface area contributed by atoms with E-state index >= 15 is 0 Å². The van der Waals surface area contributed by atoms with Crippen LogP contribution in [0.2, 0.25) is 0 Å². The van der Waals surface area contributed by atoms with E-state index in [1.54, 1.807) is 36.4 Å². The molecule has 0 unspecified atom stereocenters. The van der Waals surface area contributed by atoms with Gasteiger partial charge in [0.2, 0.25) is 5.91 Å². The number of amides is 2. The molecule has 2 rings (SSSR count). The van der Waals surface area contributed by atoms with Crippen LogP contribution in [-0.2, 0) is 14.8 Å². The van der Waals surface area contributed by atoms with Gasteiger partial charge < -0.3 is 10.6 Å². The van der Waals surface area contributed by atoms with Crippen molar-refractivity contribution < 1.29 is 18.0 Å². The SMILES string of the molecule is CCCNC(=O)CNC(=O)c1cccc(NS(=O)(=O)c2ccccc2)c1. The molecule has 0 fully saturated rings. The summed E-state index contributed by atoms with van der Waals surface area (Å²) in [6.07, 6.45) is 0.809. The highest BCUT2D eigenvalue weighted by molar-refractivity contribution is 7.92. The number of rotatable bonds is 8. The van der Waals surface area contributed by atoms with Crippen LogP contribution in [0.5, 0.6) is 0 Å². The summed E-state index contributed by atoms with van der Waals surface area (Å²) in [6, 6.07) is 14.0. The molecule has 0 radical (unpaired) electrons. The van der Waals surface area contributed by atoms with Gasteiger partial charge in [-0.2, -0.15) is 0 Å². The van der Waals surface area contributed by atoms with Crippen molar-refractivity contribution in [3.63, 3.8) is 0 Å². The van der Waals surface area contributed by atoms with Crippen molar-refractivity contribution in [2.45, 2.75) is 18.2 Å². The fraction of sp³-hybridized carbons (Fsp3) is 0.222. The van der Waals surface area contributed by atoms with Gasteiger partial charge in [0.15, 0.2) is 0 Å². The molecule has 2 amide bonds. The van der Waals surface area contributed by atoms with Gasteiger partial charge in [0.05, 0.1) is 11.4 Å². The van der Waals surface area contributed by atoms with Gasteiger partial charge in [-0.15, -0.1) is 0 Å². The summed E-state index contributed by atoms with van der Waals surface area (Å²) < 4.78 is 27.1. The van der Waals surface area contributed by atoms with Crippen molar-refractivity contribution in [1.29, 1.82) is 0 Å². The second-order valence-corrected chi connectivity index (χ2v) is 7.21. The van der Waals surface area contributed by atoms with Gasteiger partial charge in [-0.05, 0) is 36.8 Å². The maximum atomic E-state index is 12.3. The number of nitrogens with one attached hydrogen (secondary N) is 3. The first kappa shape index (κ1) is 19.5. The minimum absolute atomic E-state index is 0.127. The first-order chi connectivity index (χ1) is 12.4. The molecule has 0 saturated carbocycles. The molecule has 138 valence electrons. The Labute approximate surface area is 152 Å². The van der Waals surface area contributed by atoms with Crippen LogP contribution in [-0.4, -0.2) is 33.3 Å². The number of benzene rings is 2. The predicted octanol–water partition coefficient (Wildman–Crippen LogP) is 1.74. The van der Waals surface area contributed by atoms with Crippen LogP contribution in [0, 0.1) is 0 Å². The van der Waals surface area contributed by atoms with Crippen molar-refractivity contribution in [1.82, 2.24) is 10.6 Å². The van der Waals surface area contributed by atoms with E-state index in [1.807, 2.05) is 6.92 Å². The van der Waals surface area contributed by atoms with Gasteiger partial charge in [-0.25, -0.2) is 8.42 Å². The molecule has 26 heavy (non-hydrogen) atoms. The predicted molar refractivity (Wildman–Crippen MR) is 99.3 cm³/mol. The number of anilines is 1. The fourth-order valence-electron chi connectivity index (χ4n) is 2.13. The average molecular weight is 375 g/mol. The first-order valence-corrected chi connectivity index (χ1v) is 9.63. The van der Waals surface area contributed by atoms with Crippen LogP contribution in [0.1, 0.15) is 23.7 Å². The largest absolute Gasteiger partial charge is 0.355 e. The normalized spacial score (nSPS) is 10.8. The van der Waals surface area contributed by atoms with E-state index < -0.39 is 15.9 Å². The van der Waals surface area contributed by atoms with Gasteiger partial charge in [-0.3, -0.25) is 14.3 Å². The molecular formula is C18H21N3O4S. The van der Waals surface area contributed by atoms with Crippen molar-refractivity contribution >= 4 is 27.5 Å². The van der Waals surface area contributed by atoms with E-state index in [2.05, 4.69) is 15.4 Å². The van der Waals surface area contributed by atoms with E-state index in [4.69, 9.17) is 0 Å². The fourth-order valence-corrected chi connectivity index (χ4v) is 3.20. The molecule has 0 saturated heterocycles. The lowest BCUT2D eigenvalue weighted by atomic mass is 10.2. The van der Waals surface area contributed by atoms with Crippen molar-refractivity contribution in [3.05, 3.63) is 60.2 Å². The standard InChI is InChI=1S/C18H21N3O4S/c1-2-11-19-17(22)13-20-18(23)14-7-6-8-15(12-14)21-26(24,25)16-9-4-3-5-10-16/h3-10,12,21H,2,11,13H2,1H3,(H,19,22)(H,20,23). The molecule has 2 aromatic carbocycles.